The molecule has 2 unspecified atom stereocenters. The number of nitrogens with one attached hydrogen (secondary N) is 2. The minimum Gasteiger partial charge on any atom is -0.444 e. The first-order valence-electron chi connectivity index (χ1n) is 10.0. The minimum atomic E-state index is -0.485. The van der Waals surface area contributed by atoms with Crippen molar-refractivity contribution < 1.29 is 9.53 Å². The molecular formula is C20H37IN6O2. The summed E-state index contributed by atoms with van der Waals surface area (Å²) in [4.78, 5) is 18.6. The Labute approximate surface area is 191 Å². The van der Waals surface area contributed by atoms with E-state index in [1.165, 1.54) is 5.69 Å². The zero-order valence-corrected chi connectivity index (χ0v) is 21.1. The van der Waals surface area contributed by atoms with Crippen LogP contribution in [0, 0.1) is 19.8 Å². The van der Waals surface area contributed by atoms with Crippen LogP contribution in [0.5, 0.6) is 0 Å². The average molecular weight is 520 g/mol. The third-order valence-corrected chi connectivity index (χ3v) is 4.62. The van der Waals surface area contributed by atoms with Crippen LogP contribution in [-0.2, 0) is 11.3 Å². The van der Waals surface area contributed by atoms with Gasteiger partial charge in [-0.2, -0.15) is 5.10 Å². The van der Waals surface area contributed by atoms with E-state index in [4.69, 9.17) is 4.74 Å². The summed E-state index contributed by atoms with van der Waals surface area (Å²) in [5.41, 5.74) is 1.75. The van der Waals surface area contributed by atoms with Gasteiger partial charge in [-0.15, -0.1) is 24.0 Å². The molecule has 0 saturated carbocycles. The van der Waals surface area contributed by atoms with E-state index in [9.17, 15) is 4.79 Å². The number of carbonyl (C=O) groups excluding carboxylic acids is 1. The molecule has 2 heterocycles. The maximum atomic E-state index is 12.0. The molecule has 29 heavy (non-hydrogen) atoms. The molecule has 0 spiro atoms. The first kappa shape index (κ1) is 25.5. The quantitative estimate of drug-likeness (QED) is 0.355. The highest BCUT2D eigenvalue weighted by Gasteiger charge is 2.28. The number of nitrogens with zero attached hydrogens (tertiary/aromatic N) is 4. The van der Waals surface area contributed by atoms with Crippen molar-refractivity contribution in [1.29, 1.82) is 0 Å². The van der Waals surface area contributed by atoms with Crippen LogP contribution in [0.4, 0.5) is 4.79 Å². The lowest BCUT2D eigenvalue weighted by Gasteiger charge is -2.24. The van der Waals surface area contributed by atoms with Crippen molar-refractivity contribution in [2.24, 2.45) is 10.9 Å². The summed E-state index contributed by atoms with van der Waals surface area (Å²) in [7, 11) is 1.79. The summed E-state index contributed by atoms with van der Waals surface area (Å²) >= 11 is 0. The maximum Gasteiger partial charge on any atom is 0.407 e. The molecule has 9 heteroatoms. The van der Waals surface area contributed by atoms with Gasteiger partial charge in [0.1, 0.15) is 5.60 Å². The number of hydrogen-bond donors (Lipinski definition) is 2. The zero-order valence-electron chi connectivity index (χ0n) is 18.8. The molecule has 2 rings (SSSR count). The molecule has 166 valence electrons. The van der Waals surface area contributed by atoms with Crippen molar-refractivity contribution in [3.05, 3.63) is 17.5 Å². The lowest BCUT2D eigenvalue weighted by atomic mass is 10.2. The summed E-state index contributed by atoms with van der Waals surface area (Å²) < 4.78 is 7.40. The van der Waals surface area contributed by atoms with E-state index < -0.39 is 5.60 Å². The average Bonchev–Trinajstić information content (AvgIpc) is 3.13. The molecule has 0 aliphatic carbocycles. The molecule has 0 bridgehead atoms. The van der Waals surface area contributed by atoms with Crippen LogP contribution in [0.1, 0.15) is 45.5 Å². The number of carbonyl (C=O) groups is 1. The van der Waals surface area contributed by atoms with E-state index >= 15 is 0 Å². The number of rotatable bonds is 5. The molecule has 2 N–H and O–H groups in total. The van der Waals surface area contributed by atoms with Crippen molar-refractivity contribution in [3.63, 3.8) is 0 Å². The fourth-order valence-electron chi connectivity index (χ4n) is 3.36. The fraction of sp³-hybridized carbons (Fsp3) is 0.750. The predicted octanol–water partition coefficient (Wildman–Crippen LogP) is 2.93. The number of aliphatic imine (C=N–C) groups is 1. The number of halogens is 1. The van der Waals surface area contributed by atoms with Gasteiger partial charge in [0.05, 0.1) is 11.7 Å². The van der Waals surface area contributed by atoms with Gasteiger partial charge in [-0.3, -0.25) is 9.67 Å². The molecule has 1 aliphatic rings. The summed E-state index contributed by atoms with van der Waals surface area (Å²) in [6.45, 7) is 15.2. The molecule has 8 nitrogen and oxygen atoms in total. The van der Waals surface area contributed by atoms with Crippen molar-refractivity contribution in [2.75, 3.05) is 26.7 Å². The molecule has 0 radical (unpaired) electrons. The number of alkyl carbamates (subject to hydrolysis) is 1. The first-order chi connectivity index (χ1) is 13.1. The molecule has 1 amide bonds. The van der Waals surface area contributed by atoms with Crippen molar-refractivity contribution >= 4 is 36.0 Å². The highest BCUT2D eigenvalue weighted by molar-refractivity contribution is 14.0. The number of likely N-dealkylation sites (tertiary alicyclic amines) is 1. The topological polar surface area (TPSA) is 83.8 Å². The van der Waals surface area contributed by atoms with Crippen molar-refractivity contribution in [1.82, 2.24) is 25.3 Å². The molecule has 1 fully saturated rings. The van der Waals surface area contributed by atoms with E-state index in [0.717, 1.165) is 44.3 Å². The van der Waals surface area contributed by atoms with Crippen LogP contribution in [0.3, 0.4) is 0 Å². The SMILES string of the molecule is CN=C(NCC(C)Cn1nc(C)cc1C)N1CCC(NC(=O)OC(C)(C)C)C1.I. The van der Waals surface area contributed by atoms with Gasteiger partial charge >= 0.3 is 6.09 Å². The largest absolute Gasteiger partial charge is 0.444 e. The van der Waals surface area contributed by atoms with Gasteiger partial charge in [-0.25, -0.2) is 4.79 Å². The second kappa shape index (κ2) is 11.0. The second-order valence-corrected chi connectivity index (χ2v) is 8.72. The summed E-state index contributed by atoms with van der Waals surface area (Å²) in [5, 5.41) is 10.9. The van der Waals surface area contributed by atoms with Crippen LogP contribution < -0.4 is 10.6 Å². The third-order valence-electron chi connectivity index (χ3n) is 4.62. The normalized spacial score (nSPS) is 18.2. The number of ether oxygens (including phenoxy) is 1. The van der Waals surface area contributed by atoms with Crippen LogP contribution in [0.2, 0.25) is 0 Å². The number of amides is 1. The zero-order chi connectivity index (χ0) is 20.9. The molecular weight excluding hydrogens is 483 g/mol. The smallest absolute Gasteiger partial charge is 0.407 e. The molecule has 0 aromatic carbocycles. The number of aromatic nitrogens is 2. The van der Waals surface area contributed by atoms with Gasteiger partial charge < -0.3 is 20.3 Å². The first-order valence-corrected chi connectivity index (χ1v) is 10.0. The highest BCUT2D eigenvalue weighted by Crippen LogP contribution is 2.12. The Bertz CT molecular complexity index is 698. The lowest BCUT2D eigenvalue weighted by molar-refractivity contribution is 0.0507. The van der Waals surface area contributed by atoms with E-state index in [1.807, 2.05) is 27.7 Å². The van der Waals surface area contributed by atoms with Crippen molar-refractivity contribution in [3.8, 4) is 0 Å². The van der Waals surface area contributed by atoms with Gasteiger partial charge in [-0.05, 0) is 53.0 Å². The molecule has 1 aliphatic heterocycles. The van der Waals surface area contributed by atoms with Crippen LogP contribution >= 0.6 is 24.0 Å². The van der Waals surface area contributed by atoms with E-state index in [1.54, 1.807) is 7.05 Å². The summed E-state index contributed by atoms with van der Waals surface area (Å²) in [6.07, 6.45) is 0.516. The standard InChI is InChI=1S/C20H36N6O2.HI/c1-14(12-26-16(3)10-15(2)24-26)11-22-18(21-7)25-9-8-17(13-25)23-19(27)28-20(4,5)6;/h10,14,17H,8-9,11-13H2,1-7H3,(H,21,22)(H,23,27);1H. The highest BCUT2D eigenvalue weighted by atomic mass is 127. The van der Waals surface area contributed by atoms with Gasteiger partial charge in [0, 0.05) is 38.9 Å². The maximum absolute atomic E-state index is 12.0. The van der Waals surface area contributed by atoms with Gasteiger partial charge in [-0.1, -0.05) is 6.92 Å². The Hall–Kier alpha value is -1.52. The van der Waals surface area contributed by atoms with Crippen LogP contribution in [0.25, 0.3) is 0 Å². The molecule has 1 aromatic heterocycles. The van der Waals surface area contributed by atoms with Gasteiger partial charge in [0.15, 0.2) is 5.96 Å². The van der Waals surface area contributed by atoms with Gasteiger partial charge in [0.2, 0.25) is 0 Å². The third kappa shape index (κ3) is 8.39. The van der Waals surface area contributed by atoms with Crippen molar-refractivity contribution in [2.45, 2.75) is 66.2 Å². The van der Waals surface area contributed by atoms with Crippen LogP contribution in [-0.4, -0.2) is 65.1 Å². The monoisotopic (exact) mass is 520 g/mol. The Morgan fingerprint density at radius 3 is 2.66 bits per heavy atom. The molecule has 1 saturated heterocycles. The number of aryl methyl sites for hydroxylation is 2. The second-order valence-electron chi connectivity index (χ2n) is 8.72. The fourth-order valence-corrected chi connectivity index (χ4v) is 3.36. The van der Waals surface area contributed by atoms with E-state index in [-0.39, 0.29) is 36.1 Å². The lowest BCUT2D eigenvalue weighted by Crippen LogP contribution is -2.45. The predicted molar refractivity (Wildman–Crippen MR) is 127 cm³/mol. The Kier molecular flexibility index (Phi) is 9.70. The van der Waals surface area contributed by atoms with E-state index in [0.29, 0.717) is 5.92 Å². The van der Waals surface area contributed by atoms with E-state index in [2.05, 4.69) is 50.2 Å². The Morgan fingerprint density at radius 2 is 2.10 bits per heavy atom. The Morgan fingerprint density at radius 1 is 1.41 bits per heavy atom. The molecule has 2 atom stereocenters. The summed E-state index contributed by atoms with van der Waals surface area (Å²) in [6, 6.07) is 2.17. The Balaban J connectivity index is 0.00000420. The van der Waals surface area contributed by atoms with Gasteiger partial charge in [0.25, 0.3) is 0 Å². The summed E-state index contributed by atoms with van der Waals surface area (Å²) in [5.74, 6) is 1.28. The number of guanidine groups is 1. The van der Waals surface area contributed by atoms with Crippen LogP contribution in [0.15, 0.2) is 11.1 Å². The number of hydrogen-bond acceptors (Lipinski definition) is 4. The minimum absolute atomic E-state index is 0. The molecule has 1 aromatic rings.